The molecule has 0 radical (unpaired) electrons. The van der Waals surface area contributed by atoms with Gasteiger partial charge in [-0.15, -0.1) is 0 Å². The van der Waals surface area contributed by atoms with Crippen molar-refractivity contribution in [3.05, 3.63) is 59.7 Å². The number of anilines is 1. The minimum atomic E-state index is -3.62. The van der Waals surface area contributed by atoms with Crippen LogP contribution < -0.4 is 14.4 Å². The van der Waals surface area contributed by atoms with Crippen LogP contribution in [0.25, 0.3) is 0 Å². The van der Waals surface area contributed by atoms with Gasteiger partial charge in [-0.2, -0.15) is 0 Å². The van der Waals surface area contributed by atoms with E-state index >= 15 is 0 Å². The van der Waals surface area contributed by atoms with E-state index in [4.69, 9.17) is 4.74 Å². The molecular weight excluding hydrogens is 388 g/mol. The van der Waals surface area contributed by atoms with Gasteiger partial charge in [-0.25, -0.2) is 8.42 Å². The van der Waals surface area contributed by atoms with Crippen molar-refractivity contribution in [3.63, 3.8) is 0 Å². The SMILES string of the molecule is CC(C)Oc1ccc(N(CC(=O)N[C@H]2CCCc3ccccc32)S(C)(=O)=O)cc1. The van der Waals surface area contributed by atoms with Crippen molar-refractivity contribution in [2.45, 2.75) is 45.3 Å². The first-order valence-corrected chi connectivity index (χ1v) is 11.7. The van der Waals surface area contributed by atoms with Gasteiger partial charge in [-0.3, -0.25) is 9.10 Å². The summed E-state index contributed by atoms with van der Waals surface area (Å²) in [5, 5.41) is 3.02. The van der Waals surface area contributed by atoms with Gasteiger partial charge < -0.3 is 10.1 Å². The van der Waals surface area contributed by atoms with Crippen LogP contribution in [-0.2, 0) is 21.2 Å². The van der Waals surface area contributed by atoms with E-state index in [0.29, 0.717) is 11.4 Å². The van der Waals surface area contributed by atoms with Crippen molar-refractivity contribution in [1.29, 1.82) is 0 Å². The van der Waals surface area contributed by atoms with Crippen LogP contribution in [0, 0.1) is 0 Å². The predicted molar refractivity (Wildman–Crippen MR) is 115 cm³/mol. The number of nitrogens with one attached hydrogen (secondary N) is 1. The maximum atomic E-state index is 12.7. The van der Waals surface area contributed by atoms with Gasteiger partial charge in [-0.05, 0) is 68.5 Å². The van der Waals surface area contributed by atoms with Gasteiger partial charge in [0.2, 0.25) is 15.9 Å². The summed E-state index contributed by atoms with van der Waals surface area (Å²) in [6.07, 6.45) is 3.98. The normalized spacial score (nSPS) is 16.2. The molecule has 1 amide bonds. The lowest BCUT2D eigenvalue weighted by molar-refractivity contribution is -0.120. The van der Waals surface area contributed by atoms with Crippen LogP contribution in [-0.4, -0.2) is 33.2 Å². The van der Waals surface area contributed by atoms with Gasteiger partial charge in [0, 0.05) is 0 Å². The smallest absolute Gasteiger partial charge is 0.241 e. The molecule has 156 valence electrons. The molecule has 3 rings (SSSR count). The molecular formula is C22H28N2O4S. The third-order valence-electron chi connectivity index (χ3n) is 4.89. The molecule has 0 unspecified atom stereocenters. The highest BCUT2D eigenvalue weighted by Gasteiger charge is 2.25. The highest BCUT2D eigenvalue weighted by molar-refractivity contribution is 7.92. The van der Waals surface area contributed by atoms with Crippen molar-refractivity contribution < 1.29 is 17.9 Å². The molecule has 2 aromatic carbocycles. The van der Waals surface area contributed by atoms with Crippen molar-refractivity contribution in [1.82, 2.24) is 5.32 Å². The quantitative estimate of drug-likeness (QED) is 0.750. The summed E-state index contributed by atoms with van der Waals surface area (Å²) >= 11 is 0. The maximum absolute atomic E-state index is 12.7. The van der Waals surface area contributed by atoms with Crippen LogP contribution in [0.4, 0.5) is 5.69 Å². The molecule has 0 bridgehead atoms. The van der Waals surface area contributed by atoms with E-state index < -0.39 is 10.0 Å². The fourth-order valence-corrected chi connectivity index (χ4v) is 4.49. The lowest BCUT2D eigenvalue weighted by Crippen LogP contribution is -2.42. The highest BCUT2D eigenvalue weighted by atomic mass is 32.2. The van der Waals surface area contributed by atoms with Crippen LogP contribution in [0.2, 0.25) is 0 Å². The number of hydrogen-bond acceptors (Lipinski definition) is 4. The zero-order chi connectivity index (χ0) is 21.0. The molecule has 6 nitrogen and oxygen atoms in total. The van der Waals surface area contributed by atoms with Gasteiger partial charge in [0.1, 0.15) is 12.3 Å². The van der Waals surface area contributed by atoms with Gasteiger partial charge in [0.05, 0.1) is 24.1 Å². The second-order valence-electron chi connectivity index (χ2n) is 7.64. The number of hydrogen-bond donors (Lipinski definition) is 1. The minimum Gasteiger partial charge on any atom is -0.491 e. The molecule has 2 aromatic rings. The van der Waals surface area contributed by atoms with Crippen LogP contribution in [0.1, 0.15) is 43.9 Å². The second-order valence-corrected chi connectivity index (χ2v) is 9.55. The summed E-state index contributed by atoms with van der Waals surface area (Å²) in [7, 11) is -3.62. The average Bonchev–Trinajstić information content (AvgIpc) is 2.66. The van der Waals surface area contributed by atoms with Crippen LogP contribution in [0.5, 0.6) is 5.75 Å². The first-order chi connectivity index (χ1) is 13.7. The molecule has 0 spiro atoms. The zero-order valence-electron chi connectivity index (χ0n) is 17.1. The Balaban J connectivity index is 1.74. The van der Waals surface area contributed by atoms with E-state index in [-0.39, 0.29) is 24.6 Å². The van der Waals surface area contributed by atoms with Crippen LogP contribution >= 0.6 is 0 Å². The molecule has 0 saturated carbocycles. The Labute approximate surface area is 172 Å². The number of amides is 1. The predicted octanol–water partition coefficient (Wildman–Crippen LogP) is 3.43. The fraction of sp³-hybridized carbons (Fsp3) is 0.409. The average molecular weight is 417 g/mol. The van der Waals surface area contributed by atoms with Crippen molar-refractivity contribution >= 4 is 21.6 Å². The molecule has 0 aliphatic heterocycles. The Morgan fingerprint density at radius 2 is 1.86 bits per heavy atom. The largest absolute Gasteiger partial charge is 0.491 e. The highest BCUT2D eigenvalue weighted by Crippen LogP contribution is 2.29. The number of carbonyl (C=O) groups excluding carboxylic acids is 1. The van der Waals surface area contributed by atoms with Gasteiger partial charge >= 0.3 is 0 Å². The molecule has 1 N–H and O–H groups in total. The number of rotatable bonds is 7. The van der Waals surface area contributed by atoms with E-state index in [1.165, 1.54) is 5.56 Å². The second kappa shape index (κ2) is 8.86. The molecule has 0 fully saturated rings. The maximum Gasteiger partial charge on any atom is 0.241 e. The number of sulfonamides is 1. The molecule has 0 heterocycles. The minimum absolute atomic E-state index is 0.0241. The van der Waals surface area contributed by atoms with Gasteiger partial charge in [-0.1, -0.05) is 24.3 Å². The number of ether oxygens (including phenoxy) is 1. The summed E-state index contributed by atoms with van der Waals surface area (Å²) in [5.74, 6) is 0.333. The first-order valence-electron chi connectivity index (χ1n) is 9.85. The molecule has 1 atom stereocenters. The zero-order valence-corrected chi connectivity index (χ0v) is 17.9. The van der Waals surface area contributed by atoms with Crippen LogP contribution in [0.3, 0.4) is 0 Å². The molecule has 1 aliphatic carbocycles. The van der Waals surface area contributed by atoms with Crippen molar-refractivity contribution in [3.8, 4) is 5.75 Å². The Morgan fingerprint density at radius 1 is 1.17 bits per heavy atom. The van der Waals surface area contributed by atoms with E-state index in [1.54, 1.807) is 24.3 Å². The van der Waals surface area contributed by atoms with E-state index in [2.05, 4.69) is 11.4 Å². The Morgan fingerprint density at radius 3 is 2.52 bits per heavy atom. The Bertz CT molecular complexity index is 955. The number of nitrogens with zero attached hydrogens (tertiary/aromatic N) is 1. The van der Waals surface area contributed by atoms with E-state index in [1.807, 2.05) is 32.0 Å². The number of benzene rings is 2. The fourth-order valence-electron chi connectivity index (χ4n) is 3.64. The molecule has 29 heavy (non-hydrogen) atoms. The molecule has 0 aromatic heterocycles. The third kappa shape index (κ3) is 5.50. The Kier molecular flexibility index (Phi) is 6.47. The summed E-state index contributed by atoms with van der Waals surface area (Å²) in [6, 6.07) is 14.7. The summed E-state index contributed by atoms with van der Waals surface area (Å²) < 4.78 is 31.4. The van der Waals surface area contributed by atoms with Gasteiger partial charge in [0.25, 0.3) is 0 Å². The third-order valence-corrected chi connectivity index (χ3v) is 6.03. The number of aryl methyl sites for hydroxylation is 1. The number of fused-ring (bicyclic) bond motifs is 1. The first kappa shape index (κ1) is 21.2. The van der Waals surface area contributed by atoms with E-state index in [0.717, 1.165) is 35.4 Å². The molecule has 7 heteroatoms. The number of carbonyl (C=O) groups is 1. The van der Waals surface area contributed by atoms with Crippen LogP contribution in [0.15, 0.2) is 48.5 Å². The monoisotopic (exact) mass is 416 g/mol. The topological polar surface area (TPSA) is 75.7 Å². The molecule has 1 aliphatic rings. The lowest BCUT2D eigenvalue weighted by Gasteiger charge is -2.28. The summed E-state index contributed by atoms with van der Waals surface area (Å²) in [5.41, 5.74) is 2.79. The standard InChI is InChI=1S/C22H28N2O4S/c1-16(2)28-19-13-11-18(12-14-19)24(29(3,26)27)15-22(25)23-21-10-6-8-17-7-4-5-9-20(17)21/h4-5,7,9,11-14,16,21H,6,8,10,15H2,1-3H3,(H,23,25)/t21-/m0/s1. The van der Waals surface area contributed by atoms with E-state index in [9.17, 15) is 13.2 Å². The molecule has 0 saturated heterocycles. The Hall–Kier alpha value is -2.54. The van der Waals surface area contributed by atoms with Crippen molar-refractivity contribution in [2.24, 2.45) is 0 Å². The van der Waals surface area contributed by atoms with Gasteiger partial charge in [0.15, 0.2) is 0 Å². The van der Waals surface area contributed by atoms with Crippen molar-refractivity contribution in [2.75, 3.05) is 17.1 Å². The summed E-state index contributed by atoms with van der Waals surface area (Å²) in [6.45, 7) is 3.58. The lowest BCUT2D eigenvalue weighted by atomic mass is 9.88. The summed E-state index contributed by atoms with van der Waals surface area (Å²) in [4.78, 5) is 12.7.